The summed E-state index contributed by atoms with van der Waals surface area (Å²) in [5.41, 5.74) is 0.646. The molecule has 1 rings (SSSR count). The SMILES string of the molecule is C=CC(=O)NC(CCCCCCCCCCC)(c1ccccc1)N(C)C.Cl.N. The molecule has 5 heteroatoms. The molecule has 0 fully saturated rings. The Balaban J connectivity index is 0. The molecule has 0 radical (unpaired) electrons. The zero-order valence-corrected chi connectivity index (χ0v) is 19.0. The van der Waals surface area contributed by atoms with Gasteiger partial charge in [-0.15, -0.1) is 12.4 Å². The van der Waals surface area contributed by atoms with E-state index in [2.05, 4.69) is 35.9 Å². The van der Waals surface area contributed by atoms with Gasteiger partial charge in [0.1, 0.15) is 5.66 Å². The summed E-state index contributed by atoms with van der Waals surface area (Å²) >= 11 is 0. The number of carbonyl (C=O) groups is 1. The summed E-state index contributed by atoms with van der Waals surface area (Å²) in [5, 5.41) is 3.19. The fourth-order valence-corrected chi connectivity index (χ4v) is 3.53. The highest BCUT2D eigenvalue weighted by Crippen LogP contribution is 2.30. The molecule has 0 heterocycles. The van der Waals surface area contributed by atoms with E-state index >= 15 is 0 Å². The molecule has 0 aliphatic rings. The number of hydrogen-bond acceptors (Lipinski definition) is 3. The molecule has 1 amide bonds. The Labute approximate surface area is 179 Å². The lowest BCUT2D eigenvalue weighted by molar-refractivity contribution is -0.121. The van der Waals surface area contributed by atoms with Gasteiger partial charge in [-0.2, -0.15) is 0 Å². The van der Waals surface area contributed by atoms with Crippen molar-refractivity contribution in [3.05, 3.63) is 48.6 Å². The van der Waals surface area contributed by atoms with E-state index in [1.165, 1.54) is 57.4 Å². The van der Waals surface area contributed by atoms with Crippen LogP contribution in [0.3, 0.4) is 0 Å². The predicted molar refractivity (Wildman–Crippen MR) is 124 cm³/mol. The average molecular weight is 412 g/mol. The van der Waals surface area contributed by atoms with E-state index in [-0.39, 0.29) is 24.5 Å². The first-order valence-electron chi connectivity index (χ1n) is 10.2. The lowest BCUT2D eigenvalue weighted by Gasteiger charge is -2.41. The number of unbranched alkanes of at least 4 members (excludes halogenated alkanes) is 8. The van der Waals surface area contributed by atoms with Crippen molar-refractivity contribution >= 4 is 18.3 Å². The van der Waals surface area contributed by atoms with Gasteiger partial charge in [0.05, 0.1) is 0 Å². The Kier molecular flexibility index (Phi) is 17.1. The minimum Gasteiger partial charge on any atom is -0.344 e. The van der Waals surface area contributed by atoms with Gasteiger partial charge >= 0.3 is 0 Å². The predicted octanol–water partition coefficient (Wildman–Crippen LogP) is 6.21. The maximum absolute atomic E-state index is 12.1. The summed E-state index contributed by atoms with van der Waals surface area (Å²) in [4.78, 5) is 14.2. The first kappa shape index (κ1) is 28.8. The molecule has 0 saturated heterocycles. The number of amides is 1. The number of halogens is 1. The van der Waals surface area contributed by atoms with Gasteiger partial charge < -0.3 is 11.5 Å². The van der Waals surface area contributed by atoms with Crippen LogP contribution < -0.4 is 11.5 Å². The summed E-state index contributed by atoms with van der Waals surface area (Å²) in [7, 11) is 4.06. The van der Waals surface area contributed by atoms with Gasteiger partial charge in [0, 0.05) is 0 Å². The smallest absolute Gasteiger partial charge is 0.245 e. The summed E-state index contributed by atoms with van der Waals surface area (Å²) in [6.07, 6.45) is 13.9. The lowest BCUT2D eigenvalue weighted by atomic mass is 9.91. The molecule has 0 aliphatic heterocycles. The van der Waals surface area contributed by atoms with Crippen LogP contribution in [-0.4, -0.2) is 24.9 Å². The molecule has 0 aliphatic carbocycles. The molecule has 4 nitrogen and oxygen atoms in total. The monoisotopic (exact) mass is 411 g/mol. The van der Waals surface area contributed by atoms with Crippen LogP contribution in [0.15, 0.2) is 43.0 Å². The van der Waals surface area contributed by atoms with Crippen LogP contribution in [0.1, 0.15) is 76.7 Å². The van der Waals surface area contributed by atoms with Gasteiger partial charge in [-0.05, 0) is 38.6 Å². The van der Waals surface area contributed by atoms with Crippen LogP contribution in [0.5, 0.6) is 0 Å². The molecule has 0 bridgehead atoms. The van der Waals surface area contributed by atoms with E-state index in [0.717, 1.165) is 18.4 Å². The Bertz CT molecular complexity index is 522. The molecule has 0 saturated carbocycles. The third kappa shape index (κ3) is 9.72. The van der Waals surface area contributed by atoms with Crippen LogP contribution in [0.2, 0.25) is 0 Å². The van der Waals surface area contributed by atoms with Crippen molar-refractivity contribution in [3.8, 4) is 0 Å². The molecule has 1 aromatic carbocycles. The minimum absolute atomic E-state index is 0. The number of nitrogens with zero attached hydrogens (tertiary/aromatic N) is 1. The maximum Gasteiger partial charge on any atom is 0.245 e. The highest BCUT2D eigenvalue weighted by Gasteiger charge is 2.35. The second-order valence-corrected chi connectivity index (χ2v) is 7.39. The quantitative estimate of drug-likeness (QED) is 0.217. The third-order valence-corrected chi connectivity index (χ3v) is 5.17. The zero-order valence-electron chi connectivity index (χ0n) is 18.2. The molecule has 1 aromatic rings. The molecule has 28 heavy (non-hydrogen) atoms. The average Bonchev–Trinajstić information content (AvgIpc) is 2.66. The maximum atomic E-state index is 12.1. The van der Waals surface area contributed by atoms with Gasteiger partial charge in [-0.1, -0.05) is 95.2 Å². The van der Waals surface area contributed by atoms with Crippen molar-refractivity contribution in [1.82, 2.24) is 16.4 Å². The fourth-order valence-electron chi connectivity index (χ4n) is 3.53. The van der Waals surface area contributed by atoms with Crippen LogP contribution in [0.4, 0.5) is 0 Å². The highest BCUT2D eigenvalue weighted by molar-refractivity contribution is 5.87. The van der Waals surface area contributed by atoms with Gasteiger partial charge in [0.25, 0.3) is 0 Å². The first-order valence-corrected chi connectivity index (χ1v) is 10.2. The van der Waals surface area contributed by atoms with E-state index in [1.807, 2.05) is 32.3 Å². The number of rotatable bonds is 14. The van der Waals surface area contributed by atoms with Gasteiger partial charge in [-0.25, -0.2) is 0 Å². The summed E-state index contributed by atoms with van der Waals surface area (Å²) in [6.45, 7) is 5.88. The molecule has 162 valence electrons. The van der Waals surface area contributed by atoms with Crippen LogP contribution in [0.25, 0.3) is 0 Å². The number of nitrogens with one attached hydrogen (secondary N) is 1. The van der Waals surface area contributed by atoms with Crippen molar-refractivity contribution in [2.24, 2.45) is 0 Å². The largest absolute Gasteiger partial charge is 0.344 e. The molecule has 1 atom stereocenters. The second kappa shape index (κ2) is 16.6. The molecule has 0 spiro atoms. The Morgan fingerprint density at radius 2 is 1.50 bits per heavy atom. The fraction of sp³-hybridized carbons (Fsp3) is 0.609. The Hall–Kier alpha value is -1.36. The van der Waals surface area contributed by atoms with Gasteiger partial charge in [0.15, 0.2) is 0 Å². The van der Waals surface area contributed by atoms with E-state index in [1.54, 1.807) is 0 Å². The van der Waals surface area contributed by atoms with Gasteiger partial charge in [0.2, 0.25) is 5.91 Å². The standard InChI is InChI=1S/C23H38N2O.ClH.H3N/c1-5-7-8-9-10-11-12-13-17-20-23(25(3)4,24-22(26)6-2)21-18-15-14-16-19-21;;/h6,14-16,18-19H,2,5,7-13,17,20H2,1,3-4H3,(H,24,26);1H;1H3. The summed E-state index contributed by atoms with van der Waals surface area (Å²) in [6, 6.07) is 10.3. The van der Waals surface area contributed by atoms with Crippen molar-refractivity contribution in [1.29, 1.82) is 0 Å². The molecule has 1 unspecified atom stereocenters. The van der Waals surface area contributed by atoms with Crippen molar-refractivity contribution in [2.45, 2.75) is 76.8 Å². The Morgan fingerprint density at radius 3 is 1.96 bits per heavy atom. The minimum atomic E-state index is -0.479. The van der Waals surface area contributed by atoms with Crippen molar-refractivity contribution in [3.63, 3.8) is 0 Å². The van der Waals surface area contributed by atoms with E-state index in [9.17, 15) is 4.79 Å². The summed E-state index contributed by atoms with van der Waals surface area (Å²) < 4.78 is 0. The first-order chi connectivity index (χ1) is 12.6. The molecule has 4 N–H and O–H groups in total. The number of benzene rings is 1. The van der Waals surface area contributed by atoms with Crippen molar-refractivity contribution < 1.29 is 4.79 Å². The highest BCUT2D eigenvalue weighted by atomic mass is 35.5. The third-order valence-electron chi connectivity index (χ3n) is 5.17. The van der Waals surface area contributed by atoms with Crippen LogP contribution >= 0.6 is 12.4 Å². The Morgan fingerprint density at radius 1 is 1.00 bits per heavy atom. The molecule has 0 aromatic heterocycles. The van der Waals surface area contributed by atoms with Gasteiger partial charge in [-0.3, -0.25) is 9.69 Å². The summed E-state index contributed by atoms with van der Waals surface area (Å²) in [5.74, 6) is -0.126. The zero-order chi connectivity index (χ0) is 19.3. The topological polar surface area (TPSA) is 67.3 Å². The number of hydrogen-bond donors (Lipinski definition) is 2. The van der Waals surface area contributed by atoms with Crippen LogP contribution in [-0.2, 0) is 10.5 Å². The molecular formula is C23H42ClN3O. The van der Waals surface area contributed by atoms with E-state index in [4.69, 9.17) is 0 Å². The van der Waals surface area contributed by atoms with Crippen LogP contribution in [0, 0.1) is 0 Å². The lowest BCUT2D eigenvalue weighted by Crippen LogP contribution is -2.55. The van der Waals surface area contributed by atoms with E-state index < -0.39 is 5.66 Å². The van der Waals surface area contributed by atoms with Crippen molar-refractivity contribution in [2.75, 3.05) is 14.1 Å². The molecular weight excluding hydrogens is 370 g/mol. The van der Waals surface area contributed by atoms with E-state index in [0.29, 0.717) is 0 Å². The normalized spacial score (nSPS) is 12.4. The number of carbonyl (C=O) groups excluding carboxylic acids is 1. The second-order valence-electron chi connectivity index (χ2n) is 7.39.